The first kappa shape index (κ1) is 14.0. The molecule has 1 aliphatic heterocycles. The second-order valence-corrected chi connectivity index (χ2v) is 5.08. The first-order valence-electron chi connectivity index (χ1n) is 6.44. The Kier molecular flexibility index (Phi) is 4.22. The van der Waals surface area contributed by atoms with Crippen molar-refractivity contribution in [1.29, 1.82) is 0 Å². The molecular weight excluding hydrogens is 248 g/mol. The largest absolute Gasteiger partial charge is 0.491 e. The molecule has 1 aromatic carbocycles. The molecule has 1 aliphatic rings. The molecule has 6 heteroatoms. The molecule has 0 bridgehead atoms. The van der Waals surface area contributed by atoms with E-state index in [1.165, 1.54) is 12.1 Å². The van der Waals surface area contributed by atoms with Crippen LogP contribution in [0.25, 0.3) is 0 Å². The number of amides is 1. The van der Waals surface area contributed by atoms with E-state index in [0.717, 1.165) is 18.9 Å². The molecule has 0 spiro atoms. The van der Waals surface area contributed by atoms with Crippen LogP contribution < -0.4 is 5.46 Å². The highest BCUT2D eigenvalue weighted by Crippen LogP contribution is 2.18. The van der Waals surface area contributed by atoms with Crippen molar-refractivity contribution in [3.63, 3.8) is 0 Å². The average molecular weight is 265 g/mol. The number of hydrogen-bond acceptors (Lipinski definition) is 3. The number of piperidine rings is 1. The number of hydrogen-bond donors (Lipinski definition) is 2. The Morgan fingerprint density at radius 1 is 1.37 bits per heavy atom. The summed E-state index contributed by atoms with van der Waals surface area (Å²) in [5.74, 6) is -0.292. The van der Waals surface area contributed by atoms with Gasteiger partial charge in [0.15, 0.2) is 0 Å². The van der Waals surface area contributed by atoms with Gasteiger partial charge in [0.05, 0.1) is 0 Å². The van der Waals surface area contributed by atoms with E-state index in [9.17, 15) is 9.18 Å². The van der Waals surface area contributed by atoms with Gasteiger partial charge >= 0.3 is 7.12 Å². The number of carbonyl (C=O) groups is 1. The molecule has 1 aromatic rings. The van der Waals surface area contributed by atoms with Gasteiger partial charge in [0.1, 0.15) is 5.82 Å². The third-order valence-corrected chi connectivity index (χ3v) is 3.59. The minimum atomic E-state index is -1.91. The minimum absolute atomic E-state index is 0.186. The zero-order valence-electron chi connectivity index (χ0n) is 10.8. The quantitative estimate of drug-likeness (QED) is 0.760. The molecule has 1 heterocycles. The van der Waals surface area contributed by atoms with Crippen molar-refractivity contribution in [2.45, 2.75) is 19.8 Å². The lowest BCUT2D eigenvalue weighted by atomic mass is 9.79. The van der Waals surface area contributed by atoms with Crippen LogP contribution in [0.3, 0.4) is 0 Å². The summed E-state index contributed by atoms with van der Waals surface area (Å²) < 4.78 is 13.3. The smallest absolute Gasteiger partial charge is 0.423 e. The highest BCUT2D eigenvalue weighted by atomic mass is 19.1. The van der Waals surface area contributed by atoms with Crippen LogP contribution in [-0.2, 0) is 0 Å². The Balaban J connectivity index is 2.17. The molecule has 0 aromatic heterocycles. The first-order chi connectivity index (χ1) is 8.99. The Morgan fingerprint density at radius 3 is 2.58 bits per heavy atom. The predicted molar refractivity (Wildman–Crippen MR) is 70.5 cm³/mol. The summed E-state index contributed by atoms with van der Waals surface area (Å²) >= 11 is 0. The number of halogens is 1. The van der Waals surface area contributed by atoms with E-state index in [1.807, 2.05) is 0 Å². The van der Waals surface area contributed by atoms with Gasteiger partial charge in [-0.3, -0.25) is 4.79 Å². The molecule has 4 nitrogen and oxygen atoms in total. The van der Waals surface area contributed by atoms with Crippen LogP contribution in [0, 0.1) is 11.7 Å². The first-order valence-corrected chi connectivity index (χ1v) is 6.44. The van der Waals surface area contributed by atoms with Crippen LogP contribution in [0.15, 0.2) is 18.2 Å². The zero-order valence-corrected chi connectivity index (χ0v) is 10.8. The van der Waals surface area contributed by atoms with Crippen LogP contribution in [0.4, 0.5) is 4.39 Å². The van der Waals surface area contributed by atoms with Gasteiger partial charge in [-0.2, -0.15) is 0 Å². The fraction of sp³-hybridized carbons (Fsp3) is 0.462. The number of benzene rings is 1. The van der Waals surface area contributed by atoms with Crippen LogP contribution in [0.2, 0.25) is 0 Å². The zero-order chi connectivity index (χ0) is 14.0. The van der Waals surface area contributed by atoms with Gasteiger partial charge in [-0.05, 0) is 37.0 Å². The molecule has 1 amide bonds. The number of carbonyl (C=O) groups excluding carboxylic acids is 1. The van der Waals surface area contributed by atoms with Crippen LogP contribution in [0.1, 0.15) is 30.1 Å². The Bertz CT molecular complexity index is 473. The third-order valence-electron chi connectivity index (χ3n) is 3.59. The monoisotopic (exact) mass is 265 g/mol. The minimum Gasteiger partial charge on any atom is -0.423 e. The van der Waals surface area contributed by atoms with E-state index in [4.69, 9.17) is 10.0 Å². The van der Waals surface area contributed by atoms with Crippen molar-refractivity contribution >= 4 is 18.5 Å². The van der Waals surface area contributed by atoms with Crippen LogP contribution in [-0.4, -0.2) is 41.1 Å². The molecular formula is C13H17BFNO3. The summed E-state index contributed by atoms with van der Waals surface area (Å²) in [5, 5.41) is 18.1. The van der Waals surface area contributed by atoms with E-state index in [2.05, 4.69) is 6.92 Å². The molecule has 102 valence electrons. The number of nitrogens with zero attached hydrogens (tertiary/aromatic N) is 1. The maximum Gasteiger partial charge on any atom is 0.491 e. The van der Waals surface area contributed by atoms with Crippen molar-refractivity contribution < 1.29 is 19.2 Å². The third kappa shape index (κ3) is 3.14. The lowest BCUT2D eigenvalue weighted by Crippen LogP contribution is -2.39. The van der Waals surface area contributed by atoms with Gasteiger partial charge in [0, 0.05) is 24.1 Å². The standard InChI is InChI=1S/C13H17BFNO3/c1-9-4-6-16(7-5-9)13(17)10-2-3-12(15)11(8-10)14(18)19/h2-3,8-9,18-19H,4-7H2,1H3. The predicted octanol–water partition coefficient (Wildman–Crippen LogP) is 0.378. The summed E-state index contributed by atoms with van der Waals surface area (Å²) in [6.45, 7) is 3.53. The van der Waals surface area contributed by atoms with Gasteiger partial charge < -0.3 is 14.9 Å². The van der Waals surface area contributed by atoms with Gasteiger partial charge in [-0.25, -0.2) is 4.39 Å². The Hall–Kier alpha value is -1.40. The van der Waals surface area contributed by atoms with Crippen molar-refractivity contribution in [2.75, 3.05) is 13.1 Å². The SMILES string of the molecule is CC1CCN(C(=O)c2ccc(F)c(B(O)O)c2)CC1. The van der Waals surface area contributed by atoms with Gasteiger partial charge in [0.25, 0.3) is 5.91 Å². The van der Waals surface area contributed by atoms with Crippen molar-refractivity contribution in [1.82, 2.24) is 4.90 Å². The van der Waals surface area contributed by atoms with Crippen molar-refractivity contribution in [2.24, 2.45) is 5.92 Å². The lowest BCUT2D eigenvalue weighted by molar-refractivity contribution is 0.0697. The van der Waals surface area contributed by atoms with Crippen molar-refractivity contribution in [3.8, 4) is 0 Å². The molecule has 2 rings (SSSR count). The number of rotatable bonds is 2. The molecule has 0 saturated carbocycles. The maximum atomic E-state index is 13.3. The Morgan fingerprint density at radius 2 is 2.00 bits per heavy atom. The van der Waals surface area contributed by atoms with Crippen LogP contribution in [0.5, 0.6) is 0 Å². The second-order valence-electron chi connectivity index (χ2n) is 5.08. The van der Waals surface area contributed by atoms with Crippen molar-refractivity contribution in [3.05, 3.63) is 29.6 Å². The molecule has 0 unspecified atom stereocenters. The molecule has 1 saturated heterocycles. The molecule has 2 N–H and O–H groups in total. The maximum absolute atomic E-state index is 13.3. The van der Waals surface area contributed by atoms with E-state index < -0.39 is 12.9 Å². The fourth-order valence-electron chi connectivity index (χ4n) is 2.27. The van der Waals surface area contributed by atoms with Gasteiger partial charge in [-0.15, -0.1) is 0 Å². The topological polar surface area (TPSA) is 60.8 Å². The van der Waals surface area contributed by atoms with E-state index in [1.54, 1.807) is 4.90 Å². The van der Waals surface area contributed by atoms with E-state index in [-0.39, 0.29) is 11.4 Å². The highest BCUT2D eigenvalue weighted by molar-refractivity contribution is 6.58. The molecule has 0 atom stereocenters. The van der Waals surface area contributed by atoms with E-state index in [0.29, 0.717) is 24.6 Å². The second kappa shape index (κ2) is 5.71. The number of likely N-dealkylation sites (tertiary alicyclic amines) is 1. The van der Waals surface area contributed by atoms with Crippen LogP contribution >= 0.6 is 0 Å². The average Bonchev–Trinajstić information content (AvgIpc) is 2.39. The van der Waals surface area contributed by atoms with Gasteiger partial charge in [-0.1, -0.05) is 6.92 Å². The highest BCUT2D eigenvalue weighted by Gasteiger charge is 2.24. The van der Waals surface area contributed by atoms with Gasteiger partial charge in [0.2, 0.25) is 0 Å². The summed E-state index contributed by atoms with van der Waals surface area (Å²) in [6, 6.07) is 3.68. The summed E-state index contributed by atoms with van der Waals surface area (Å²) in [6.07, 6.45) is 1.92. The molecule has 0 radical (unpaired) electrons. The molecule has 19 heavy (non-hydrogen) atoms. The lowest BCUT2D eigenvalue weighted by Gasteiger charge is -2.30. The summed E-state index contributed by atoms with van der Waals surface area (Å²) in [4.78, 5) is 14.0. The normalized spacial score (nSPS) is 16.5. The molecule has 1 fully saturated rings. The van der Waals surface area contributed by atoms with E-state index >= 15 is 0 Å². The Labute approximate surface area is 112 Å². The summed E-state index contributed by atoms with van der Waals surface area (Å²) in [7, 11) is -1.91. The fourth-order valence-corrected chi connectivity index (χ4v) is 2.27. The molecule has 0 aliphatic carbocycles. The summed E-state index contributed by atoms with van der Waals surface area (Å²) in [5.41, 5.74) is 0.0234.